The molecule has 1 N–H and O–H groups in total. The molecule has 0 aliphatic carbocycles. The first-order chi connectivity index (χ1) is 16.7. The molecule has 11 heteroatoms. The molecular formula is C24H29Cl2N3O6. The Morgan fingerprint density at radius 1 is 0.829 bits per heavy atom. The van der Waals surface area contributed by atoms with Gasteiger partial charge in [-0.25, -0.2) is 0 Å². The van der Waals surface area contributed by atoms with Crippen LogP contribution in [0.2, 0.25) is 10.0 Å². The monoisotopic (exact) mass is 525 g/mol. The lowest BCUT2D eigenvalue weighted by Gasteiger charge is -2.16. The van der Waals surface area contributed by atoms with Gasteiger partial charge < -0.3 is 24.3 Å². The van der Waals surface area contributed by atoms with Gasteiger partial charge in [0, 0.05) is 24.3 Å². The number of benzene rings is 2. The van der Waals surface area contributed by atoms with Gasteiger partial charge in [0.05, 0.1) is 42.2 Å². The Labute approximate surface area is 214 Å². The maximum atomic E-state index is 13.0. The van der Waals surface area contributed by atoms with E-state index in [1.54, 1.807) is 32.9 Å². The van der Waals surface area contributed by atoms with Gasteiger partial charge in [-0.1, -0.05) is 23.2 Å². The fourth-order valence-electron chi connectivity index (χ4n) is 2.97. The molecule has 0 aromatic heterocycles. The number of azo groups is 1. The predicted molar refractivity (Wildman–Crippen MR) is 135 cm³/mol. The van der Waals surface area contributed by atoms with Crippen molar-refractivity contribution in [3.8, 4) is 23.0 Å². The van der Waals surface area contributed by atoms with Gasteiger partial charge in [0.15, 0.2) is 11.5 Å². The van der Waals surface area contributed by atoms with Gasteiger partial charge in [-0.3, -0.25) is 9.59 Å². The summed E-state index contributed by atoms with van der Waals surface area (Å²) < 4.78 is 22.1. The zero-order chi connectivity index (χ0) is 26.0. The number of amides is 1. The van der Waals surface area contributed by atoms with Crippen molar-refractivity contribution in [3.05, 3.63) is 34.3 Å². The van der Waals surface area contributed by atoms with Gasteiger partial charge in [0.1, 0.15) is 22.9 Å². The van der Waals surface area contributed by atoms with Gasteiger partial charge in [0.25, 0.3) is 5.91 Å². The van der Waals surface area contributed by atoms with E-state index in [-0.39, 0.29) is 16.4 Å². The van der Waals surface area contributed by atoms with Crippen molar-refractivity contribution in [2.24, 2.45) is 10.2 Å². The molecule has 35 heavy (non-hydrogen) atoms. The van der Waals surface area contributed by atoms with Crippen molar-refractivity contribution >= 4 is 46.3 Å². The molecule has 1 atom stereocenters. The van der Waals surface area contributed by atoms with Crippen LogP contribution in [-0.4, -0.2) is 44.2 Å². The molecule has 0 spiro atoms. The number of Topliss-reactive ketones (excluding diaryl/α,β-unsaturated/α-hetero) is 1. The molecule has 2 aromatic rings. The van der Waals surface area contributed by atoms with Crippen LogP contribution < -0.4 is 24.3 Å². The summed E-state index contributed by atoms with van der Waals surface area (Å²) in [5, 5.41) is 11.2. The predicted octanol–water partition coefficient (Wildman–Crippen LogP) is 6.27. The Morgan fingerprint density at radius 3 is 2.03 bits per heavy atom. The molecule has 0 bridgehead atoms. The van der Waals surface area contributed by atoms with Gasteiger partial charge in [-0.05, 0) is 34.6 Å². The second-order valence-electron chi connectivity index (χ2n) is 6.98. The summed E-state index contributed by atoms with van der Waals surface area (Å²) in [5.41, 5.74) is 0.455. The number of rotatable bonds is 13. The van der Waals surface area contributed by atoms with Crippen LogP contribution in [0.15, 0.2) is 34.5 Å². The Kier molecular flexibility index (Phi) is 11.1. The molecule has 1 unspecified atom stereocenters. The maximum Gasteiger partial charge on any atom is 0.258 e. The minimum atomic E-state index is -1.45. The normalized spacial score (nSPS) is 11.7. The van der Waals surface area contributed by atoms with Crippen molar-refractivity contribution in [3.63, 3.8) is 0 Å². The molecule has 0 saturated heterocycles. The summed E-state index contributed by atoms with van der Waals surface area (Å²) in [5.74, 6) is 0.248. The van der Waals surface area contributed by atoms with E-state index in [2.05, 4.69) is 15.5 Å². The lowest BCUT2D eigenvalue weighted by Crippen LogP contribution is -2.32. The molecule has 0 radical (unpaired) electrons. The van der Waals surface area contributed by atoms with Gasteiger partial charge in [-0.15, -0.1) is 5.11 Å². The van der Waals surface area contributed by atoms with Crippen LogP contribution in [0.3, 0.4) is 0 Å². The van der Waals surface area contributed by atoms with Gasteiger partial charge in [-0.2, -0.15) is 5.11 Å². The van der Waals surface area contributed by atoms with E-state index in [1.807, 2.05) is 6.92 Å². The van der Waals surface area contributed by atoms with E-state index in [4.69, 9.17) is 42.1 Å². The summed E-state index contributed by atoms with van der Waals surface area (Å²) in [4.78, 5) is 25.3. The molecule has 2 aromatic carbocycles. The molecule has 0 aliphatic heterocycles. The van der Waals surface area contributed by atoms with Crippen LogP contribution in [0, 0.1) is 0 Å². The van der Waals surface area contributed by atoms with Crippen LogP contribution in [0.25, 0.3) is 0 Å². The third-order valence-corrected chi connectivity index (χ3v) is 4.99. The molecule has 0 fully saturated rings. The maximum absolute atomic E-state index is 13.0. The highest BCUT2D eigenvalue weighted by atomic mass is 35.5. The lowest BCUT2D eigenvalue weighted by atomic mass is 10.2. The number of ether oxygens (including phenoxy) is 4. The zero-order valence-electron chi connectivity index (χ0n) is 20.3. The van der Waals surface area contributed by atoms with Gasteiger partial charge >= 0.3 is 0 Å². The lowest BCUT2D eigenvalue weighted by molar-refractivity contribution is -0.126. The summed E-state index contributed by atoms with van der Waals surface area (Å²) in [6, 6.07) is 4.78. The number of halogens is 2. The van der Waals surface area contributed by atoms with Gasteiger partial charge in [0.2, 0.25) is 6.04 Å². The molecule has 1 amide bonds. The Morgan fingerprint density at radius 2 is 1.43 bits per heavy atom. The summed E-state index contributed by atoms with van der Waals surface area (Å²) in [6.07, 6.45) is 0. The summed E-state index contributed by atoms with van der Waals surface area (Å²) in [7, 11) is 0. The topological polar surface area (TPSA) is 108 Å². The van der Waals surface area contributed by atoms with Crippen LogP contribution in [0.1, 0.15) is 34.6 Å². The third kappa shape index (κ3) is 7.73. The van der Waals surface area contributed by atoms with Crippen molar-refractivity contribution in [2.45, 2.75) is 40.7 Å². The van der Waals surface area contributed by atoms with E-state index in [1.165, 1.54) is 19.1 Å². The smallest absolute Gasteiger partial charge is 0.258 e. The Bertz CT molecular complexity index is 1080. The quantitative estimate of drug-likeness (QED) is 0.244. The molecular weight excluding hydrogens is 497 g/mol. The van der Waals surface area contributed by atoms with E-state index in [9.17, 15) is 9.59 Å². The minimum absolute atomic E-state index is 0.177. The Balaban J connectivity index is 2.38. The standard InChI is InChI=1S/C24H29Cl2N3O6/c1-6-32-15-10-17(26)23(21(11-15)35-9-4)29-28-22(14(5)30)24(31)27-18-13-19(33-7-2)16(25)12-20(18)34-8-3/h10-13,22H,6-9H2,1-5H3,(H,27,31). The molecule has 2 rings (SSSR count). The van der Waals surface area contributed by atoms with Crippen LogP contribution in [0.5, 0.6) is 23.0 Å². The van der Waals surface area contributed by atoms with E-state index < -0.39 is 17.7 Å². The van der Waals surface area contributed by atoms with E-state index >= 15 is 0 Å². The third-order valence-electron chi connectivity index (χ3n) is 4.41. The van der Waals surface area contributed by atoms with E-state index in [0.29, 0.717) is 54.4 Å². The average molecular weight is 526 g/mol. The van der Waals surface area contributed by atoms with Crippen molar-refractivity contribution in [2.75, 3.05) is 31.7 Å². The number of carbonyl (C=O) groups is 2. The van der Waals surface area contributed by atoms with Crippen molar-refractivity contribution < 1.29 is 28.5 Å². The second kappa shape index (κ2) is 13.7. The minimum Gasteiger partial charge on any atom is -0.494 e. The molecule has 9 nitrogen and oxygen atoms in total. The van der Waals surface area contributed by atoms with Crippen LogP contribution >= 0.6 is 23.2 Å². The SMILES string of the molecule is CCOc1cc(Cl)c(N=NC(C(C)=O)C(=O)Nc2cc(OCC)c(Cl)cc2OCC)c(OCC)c1. The number of nitrogens with one attached hydrogen (secondary N) is 1. The number of hydrogen-bond donors (Lipinski definition) is 1. The van der Waals surface area contributed by atoms with Crippen LogP contribution in [0.4, 0.5) is 11.4 Å². The first kappa shape index (κ1) is 28.2. The molecule has 190 valence electrons. The largest absolute Gasteiger partial charge is 0.494 e. The number of anilines is 1. The highest BCUT2D eigenvalue weighted by molar-refractivity contribution is 6.33. The second-order valence-corrected chi connectivity index (χ2v) is 7.79. The average Bonchev–Trinajstić information content (AvgIpc) is 2.79. The van der Waals surface area contributed by atoms with E-state index in [0.717, 1.165) is 0 Å². The van der Waals surface area contributed by atoms with Crippen molar-refractivity contribution in [1.82, 2.24) is 0 Å². The summed E-state index contributed by atoms with van der Waals surface area (Å²) >= 11 is 12.6. The number of hydrogen-bond acceptors (Lipinski definition) is 8. The fraction of sp³-hybridized carbons (Fsp3) is 0.417. The number of nitrogens with zero attached hydrogens (tertiary/aromatic N) is 2. The molecule has 0 saturated carbocycles. The zero-order valence-corrected chi connectivity index (χ0v) is 21.8. The first-order valence-electron chi connectivity index (χ1n) is 11.2. The number of carbonyl (C=O) groups excluding carboxylic acids is 2. The fourth-order valence-corrected chi connectivity index (χ4v) is 3.42. The Hall–Kier alpha value is -3.04. The van der Waals surface area contributed by atoms with Crippen molar-refractivity contribution in [1.29, 1.82) is 0 Å². The highest BCUT2D eigenvalue weighted by Crippen LogP contribution is 2.40. The number of ketones is 1. The molecule has 0 aliphatic rings. The van der Waals surface area contributed by atoms with Crippen LogP contribution in [-0.2, 0) is 9.59 Å². The molecule has 0 heterocycles. The summed E-state index contributed by atoms with van der Waals surface area (Å²) in [6.45, 7) is 9.95. The first-order valence-corrected chi connectivity index (χ1v) is 11.9. The highest BCUT2D eigenvalue weighted by Gasteiger charge is 2.25.